The number of carboxylic acids is 1. The SMILES string of the molecule is C/C(=C\CNC(=O)OCC1c2ccccc2-c2ccccc21)C(=O)N[C@H](CC(C)C)C(=O)O. The molecule has 2 aromatic rings. The standard InChI is InChI=1S/C26H30N2O5/c1-16(2)14-23(25(30)31)28-24(29)17(3)12-13-27-26(32)33-15-22-20-10-6-4-8-18(20)19-9-5-7-11-21(19)22/h4-12,16,22-23H,13-15H2,1-3H3,(H,27,32)(H,28,29)(H,30,31)/b17-12+/t23-/m1/s1. The van der Waals surface area contributed by atoms with Gasteiger partial charge in [0.2, 0.25) is 5.91 Å². The van der Waals surface area contributed by atoms with Gasteiger partial charge in [0.1, 0.15) is 12.6 Å². The van der Waals surface area contributed by atoms with E-state index in [1.807, 2.05) is 38.1 Å². The Labute approximate surface area is 193 Å². The van der Waals surface area contributed by atoms with Crippen LogP contribution in [0.15, 0.2) is 60.2 Å². The third-order valence-electron chi connectivity index (χ3n) is 5.67. The summed E-state index contributed by atoms with van der Waals surface area (Å²) in [6.07, 6.45) is 1.29. The normalized spacial score (nSPS) is 13.8. The number of aliphatic carboxylic acids is 1. The van der Waals surface area contributed by atoms with Crippen molar-refractivity contribution in [2.24, 2.45) is 5.92 Å². The lowest BCUT2D eigenvalue weighted by atomic mass is 9.98. The summed E-state index contributed by atoms with van der Waals surface area (Å²) in [6.45, 7) is 5.66. The van der Waals surface area contributed by atoms with Gasteiger partial charge in [-0.2, -0.15) is 0 Å². The number of ether oxygens (including phenoxy) is 1. The highest BCUT2D eigenvalue weighted by Crippen LogP contribution is 2.44. The summed E-state index contributed by atoms with van der Waals surface area (Å²) < 4.78 is 5.46. The van der Waals surface area contributed by atoms with Crippen molar-refractivity contribution in [3.8, 4) is 11.1 Å². The zero-order valence-corrected chi connectivity index (χ0v) is 19.1. The molecule has 0 spiro atoms. The van der Waals surface area contributed by atoms with Crippen LogP contribution < -0.4 is 10.6 Å². The smallest absolute Gasteiger partial charge is 0.407 e. The maximum atomic E-state index is 12.3. The summed E-state index contributed by atoms with van der Waals surface area (Å²) in [5.41, 5.74) is 4.90. The number of carboxylic acid groups (broad SMARTS) is 1. The molecule has 0 fully saturated rings. The van der Waals surface area contributed by atoms with Gasteiger partial charge in [-0.1, -0.05) is 68.5 Å². The molecule has 0 saturated carbocycles. The Kier molecular flexibility index (Phi) is 7.87. The van der Waals surface area contributed by atoms with Crippen LogP contribution in [0.2, 0.25) is 0 Å². The van der Waals surface area contributed by atoms with Crippen molar-refractivity contribution in [1.82, 2.24) is 10.6 Å². The van der Waals surface area contributed by atoms with Gasteiger partial charge in [-0.3, -0.25) is 4.79 Å². The lowest BCUT2D eigenvalue weighted by Crippen LogP contribution is -2.42. The van der Waals surface area contributed by atoms with E-state index < -0.39 is 24.0 Å². The Morgan fingerprint density at radius 1 is 1.03 bits per heavy atom. The maximum absolute atomic E-state index is 12.3. The molecular formula is C26H30N2O5. The fourth-order valence-electron chi connectivity index (χ4n) is 3.99. The monoisotopic (exact) mass is 450 g/mol. The molecule has 0 saturated heterocycles. The number of hydrogen-bond donors (Lipinski definition) is 3. The molecule has 7 nitrogen and oxygen atoms in total. The second-order valence-electron chi connectivity index (χ2n) is 8.59. The van der Waals surface area contributed by atoms with Gasteiger partial charge in [0.25, 0.3) is 0 Å². The quantitative estimate of drug-likeness (QED) is 0.499. The third-order valence-corrected chi connectivity index (χ3v) is 5.67. The van der Waals surface area contributed by atoms with Crippen molar-refractivity contribution in [2.75, 3.05) is 13.2 Å². The molecule has 1 atom stereocenters. The van der Waals surface area contributed by atoms with Crippen molar-refractivity contribution < 1.29 is 24.2 Å². The number of carbonyl (C=O) groups excluding carboxylic acids is 2. The number of hydrogen-bond acceptors (Lipinski definition) is 4. The van der Waals surface area contributed by atoms with Crippen molar-refractivity contribution in [1.29, 1.82) is 0 Å². The first-order valence-corrected chi connectivity index (χ1v) is 11.1. The van der Waals surface area contributed by atoms with E-state index in [-0.39, 0.29) is 25.0 Å². The molecule has 2 amide bonds. The second kappa shape index (κ2) is 10.8. The number of carbonyl (C=O) groups is 3. The molecule has 0 aromatic heterocycles. The first-order chi connectivity index (χ1) is 15.8. The van der Waals surface area contributed by atoms with E-state index in [0.717, 1.165) is 22.3 Å². The van der Waals surface area contributed by atoms with Crippen LogP contribution >= 0.6 is 0 Å². The Bertz CT molecular complexity index is 1010. The van der Waals surface area contributed by atoms with Crippen molar-refractivity contribution in [3.05, 3.63) is 71.3 Å². The van der Waals surface area contributed by atoms with Crippen LogP contribution in [-0.2, 0) is 14.3 Å². The predicted molar refractivity (Wildman–Crippen MR) is 126 cm³/mol. The van der Waals surface area contributed by atoms with E-state index in [1.165, 1.54) is 6.08 Å². The average Bonchev–Trinajstić information content (AvgIpc) is 3.10. The minimum atomic E-state index is -1.07. The summed E-state index contributed by atoms with van der Waals surface area (Å²) in [4.78, 5) is 35.8. The molecule has 0 radical (unpaired) electrons. The summed E-state index contributed by atoms with van der Waals surface area (Å²) >= 11 is 0. The molecule has 0 bridgehead atoms. The molecule has 3 N–H and O–H groups in total. The number of nitrogens with one attached hydrogen (secondary N) is 2. The second-order valence-corrected chi connectivity index (χ2v) is 8.59. The Balaban J connectivity index is 1.51. The van der Waals surface area contributed by atoms with E-state index in [4.69, 9.17) is 4.74 Å². The lowest BCUT2D eigenvalue weighted by Gasteiger charge is -2.16. The Hall–Kier alpha value is -3.61. The molecule has 0 heterocycles. The number of benzene rings is 2. The van der Waals surface area contributed by atoms with Crippen molar-refractivity contribution >= 4 is 18.0 Å². The molecule has 7 heteroatoms. The molecule has 33 heavy (non-hydrogen) atoms. The van der Waals surface area contributed by atoms with Gasteiger partial charge < -0.3 is 20.5 Å². The Morgan fingerprint density at radius 3 is 2.15 bits per heavy atom. The Morgan fingerprint density at radius 2 is 1.61 bits per heavy atom. The molecular weight excluding hydrogens is 420 g/mol. The number of amides is 2. The van der Waals surface area contributed by atoms with Crippen LogP contribution in [0.1, 0.15) is 44.2 Å². The maximum Gasteiger partial charge on any atom is 0.407 e. The van der Waals surface area contributed by atoms with E-state index >= 15 is 0 Å². The summed E-state index contributed by atoms with van der Waals surface area (Å²) in [5.74, 6) is -1.44. The van der Waals surface area contributed by atoms with Crippen LogP contribution in [0.25, 0.3) is 11.1 Å². The molecule has 174 valence electrons. The van der Waals surface area contributed by atoms with Gasteiger partial charge in [-0.25, -0.2) is 9.59 Å². The zero-order valence-electron chi connectivity index (χ0n) is 19.1. The van der Waals surface area contributed by atoms with Crippen LogP contribution in [-0.4, -0.2) is 42.3 Å². The largest absolute Gasteiger partial charge is 0.480 e. The van der Waals surface area contributed by atoms with Gasteiger partial charge in [0.15, 0.2) is 0 Å². The van der Waals surface area contributed by atoms with Gasteiger partial charge in [-0.15, -0.1) is 0 Å². The molecule has 2 aromatic carbocycles. The average molecular weight is 451 g/mol. The van der Waals surface area contributed by atoms with Crippen molar-refractivity contribution in [2.45, 2.75) is 39.2 Å². The summed E-state index contributed by atoms with van der Waals surface area (Å²) in [5, 5.41) is 14.4. The molecule has 1 aliphatic rings. The highest BCUT2D eigenvalue weighted by molar-refractivity contribution is 5.95. The number of rotatable bonds is 9. The summed E-state index contributed by atoms with van der Waals surface area (Å²) in [7, 11) is 0. The van der Waals surface area contributed by atoms with E-state index in [0.29, 0.717) is 12.0 Å². The van der Waals surface area contributed by atoms with Crippen LogP contribution in [0, 0.1) is 5.92 Å². The van der Waals surface area contributed by atoms with Crippen LogP contribution in [0.5, 0.6) is 0 Å². The van der Waals surface area contributed by atoms with Gasteiger partial charge in [0, 0.05) is 18.0 Å². The number of alkyl carbamates (subject to hydrolysis) is 1. The lowest BCUT2D eigenvalue weighted by molar-refractivity contribution is -0.141. The highest BCUT2D eigenvalue weighted by atomic mass is 16.5. The predicted octanol–water partition coefficient (Wildman–Crippen LogP) is 4.09. The first kappa shape index (κ1) is 24.0. The molecule has 0 aliphatic heterocycles. The zero-order chi connectivity index (χ0) is 24.0. The fraction of sp³-hybridized carbons (Fsp3) is 0.346. The molecule has 0 unspecified atom stereocenters. The molecule has 3 rings (SSSR count). The van der Waals surface area contributed by atoms with E-state index in [9.17, 15) is 19.5 Å². The summed E-state index contributed by atoms with van der Waals surface area (Å²) in [6, 6.07) is 15.3. The van der Waals surface area contributed by atoms with Gasteiger partial charge in [-0.05, 0) is 41.5 Å². The fourth-order valence-corrected chi connectivity index (χ4v) is 3.99. The van der Waals surface area contributed by atoms with Crippen molar-refractivity contribution in [3.63, 3.8) is 0 Å². The van der Waals surface area contributed by atoms with Gasteiger partial charge in [0.05, 0.1) is 0 Å². The van der Waals surface area contributed by atoms with Gasteiger partial charge >= 0.3 is 12.1 Å². The minimum absolute atomic E-state index is 0.0277. The first-order valence-electron chi connectivity index (χ1n) is 11.1. The highest BCUT2D eigenvalue weighted by Gasteiger charge is 2.29. The number of fused-ring (bicyclic) bond motifs is 3. The van der Waals surface area contributed by atoms with Crippen LogP contribution in [0.3, 0.4) is 0 Å². The van der Waals surface area contributed by atoms with E-state index in [2.05, 4.69) is 34.9 Å². The van der Waals surface area contributed by atoms with Crippen LogP contribution in [0.4, 0.5) is 4.79 Å². The topological polar surface area (TPSA) is 105 Å². The molecule has 1 aliphatic carbocycles. The van der Waals surface area contributed by atoms with E-state index in [1.54, 1.807) is 6.92 Å². The minimum Gasteiger partial charge on any atom is -0.480 e. The third kappa shape index (κ3) is 6.00.